The lowest BCUT2D eigenvalue weighted by Gasteiger charge is -2.20. The van der Waals surface area contributed by atoms with Crippen LogP contribution >= 0.6 is 0 Å². The van der Waals surface area contributed by atoms with Crippen LogP contribution in [0.2, 0.25) is 0 Å². The number of alkyl halides is 3. The lowest BCUT2D eigenvalue weighted by atomic mass is 9.99. The van der Waals surface area contributed by atoms with Gasteiger partial charge < -0.3 is 4.74 Å². The van der Waals surface area contributed by atoms with Crippen LogP contribution in [-0.4, -0.2) is 25.8 Å². The molecule has 1 aromatic rings. The monoisotopic (exact) mass is 275 g/mol. The topological polar surface area (TPSA) is 38.3 Å². The van der Waals surface area contributed by atoms with E-state index in [4.69, 9.17) is 0 Å². The number of methoxy groups -OCH3 is 1. The molecule has 106 valence electrons. The van der Waals surface area contributed by atoms with E-state index in [1.165, 1.54) is 0 Å². The van der Waals surface area contributed by atoms with Crippen LogP contribution in [0.3, 0.4) is 0 Å². The van der Waals surface area contributed by atoms with Crippen molar-refractivity contribution < 1.29 is 22.7 Å². The summed E-state index contributed by atoms with van der Waals surface area (Å²) < 4.78 is 41.4. The molecule has 1 unspecified atom stereocenters. The van der Waals surface area contributed by atoms with Crippen molar-refractivity contribution in [2.75, 3.05) is 13.7 Å². The second kappa shape index (κ2) is 6.06. The van der Waals surface area contributed by atoms with Gasteiger partial charge in [-0.25, -0.2) is 4.79 Å². The molecule has 1 rings (SSSR count). The summed E-state index contributed by atoms with van der Waals surface area (Å²) in [5, 5.41) is 2.20. The van der Waals surface area contributed by atoms with Gasteiger partial charge in [-0.2, -0.15) is 13.2 Å². The number of hydrogen-bond acceptors (Lipinski definition) is 3. The highest BCUT2D eigenvalue weighted by Gasteiger charge is 2.31. The zero-order valence-corrected chi connectivity index (χ0v) is 11.0. The van der Waals surface area contributed by atoms with Crippen LogP contribution in [-0.2, 0) is 9.53 Å². The minimum Gasteiger partial charge on any atom is -0.468 e. The summed E-state index contributed by atoms with van der Waals surface area (Å²) in [6.45, 7) is 2.29. The first-order valence-electron chi connectivity index (χ1n) is 5.69. The largest absolute Gasteiger partial charge is 0.468 e. The van der Waals surface area contributed by atoms with Crippen molar-refractivity contribution >= 4 is 5.97 Å². The molecule has 0 aromatic heterocycles. The average Bonchev–Trinajstić information content (AvgIpc) is 2.31. The Kier molecular flexibility index (Phi) is 4.94. The quantitative estimate of drug-likeness (QED) is 0.859. The Labute approximate surface area is 109 Å². The number of aryl methyl sites for hydroxylation is 2. The van der Waals surface area contributed by atoms with Gasteiger partial charge in [0.1, 0.15) is 6.04 Å². The zero-order valence-electron chi connectivity index (χ0n) is 11.0. The molecule has 0 spiro atoms. The van der Waals surface area contributed by atoms with Crippen LogP contribution < -0.4 is 5.32 Å². The van der Waals surface area contributed by atoms with Crippen molar-refractivity contribution in [3.8, 4) is 0 Å². The Hall–Kier alpha value is -1.56. The van der Waals surface area contributed by atoms with Gasteiger partial charge in [-0.05, 0) is 25.0 Å². The molecule has 1 aromatic carbocycles. The summed E-state index contributed by atoms with van der Waals surface area (Å²) >= 11 is 0. The maximum Gasteiger partial charge on any atom is 0.401 e. The number of nitrogens with one attached hydrogen (secondary N) is 1. The zero-order chi connectivity index (χ0) is 14.6. The molecule has 0 aliphatic rings. The van der Waals surface area contributed by atoms with Crippen LogP contribution in [0.15, 0.2) is 18.2 Å². The van der Waals surface area contributed by atoms with Crippen molar-refractivity contribution in [3.63, 3.8) is 0 Å². The third-order valence-corrected chi connectivity index (χ3v) is 2.69. The highest BCUT2D eigenvalue weighted by Crippen LogP contribution is 2.22. The summed E-state index contributed by atoms with van der Waals surface area (Å²) in [5.41, 5.74) is 2.09. The first-order valence-corrected chi connectivity index (χ1v) is 5.69. The summed E-state index contributed by atoms with van der Waals surface area (Å²) in [4.78, 5) is 11.6. The van der Waals surface area contributed by atoms with Crippen molar-refractivity contribution in [1.82, 2.24) is 5.32 Å². The Bertz CT molecular complexity index is 458. The molecular weight excluding hydrogens is 259 g/mol. The fourth-order valence-corrected chi connectivity index (χ4v) is 1.73. The second-order valence-electron chi connectivity index (χ2n) is 4.31. The van der Waals surface area contributed by atoms with E-state index in [0.29, 0.717) is 5.56 Å². The van der Waals surface area contributed by atoms with Gasteiger partial charge in [-0.3, -0.25) is 5.32 Å². The van der Waals surface area contributed by atoms with E-state index in [1.807, 2.05) is 6.07 Å². The van der Waals surface area contributed by atoms with Gasteiger partial charge in [0, 0.05) is 0 Å². The summed E-state index contributed by atoms with van der Waals surface area (Å²) in [7, 11) is 1.15. The second-order valence-corrected chi connectivity index (χ2v) is 4.31. The van der Waals surface area contributed by atoms with Gasteiger partial charge in [0.05, 0.1) is 13.7 Å². The highest BCUT2D eigenvalue weighted by atomic mass is 19.4. The van der Waals surface area contributed by atoms with Crippen molar-refractivity contribution in [2.45, 2.75) is 26.1 Å². The molecule has 0 aliphatic carbocycles. The smallest absolute Gasteiger partial charge is 0.401 e. The van der Waals surface area contributed by atoms with E-state index in [-0.39, 0.29) is 0 Å². The van der Waals surface area contributed by atoms with Crippen LogP contribution in [0.4, 0.5) is 13.2 Å². The molecule has 19 heavy (non-hydrogen) atoms. The van der Waals surface area contributed by atoms with E-state index in [0.717, 1.165) is 18.2 Å². The number of rotatable bonds is 4. The molecule has 1 N–H and O–H groups in total. The molecule has 0 saturated carbocycles. The Morgan fingerprint density at radius 3 is 2.53 bits per heavy atom. The van der Waals surface area contributed by atoms with Gasteiger partial charge in [0.2, 0.25) is 0 Å². The summed E-state index contributed by atoms with van der Waals surface area (Å²) in [6.07, 6.45) is -4.38. The first-order chi connectivity index (χ1) is 8.74. The molecule has 0 bridgehead atoms. The third-order valence-electron chi connectivity index (χ3n) is 2.69. The van der Waals surface area contributed by atoms with E-state index < -0.39 is 24.7 Å². The fourth-order valence-electron chi connectivity index (χ4n) is 1.73. The Balaban J connectivity index is 3.03. The number of ether oxygens (including phenoxy) is 1. The minimum atomic E-state index is -4.38. The van der Waals surface area contributed by atoms with Crippen molar-refractivity contribution in [2.24, 2.45) is 0 Å². The van der Waals surface area contributed by atoms with Gasteiger partial charge in [-0.15, -0.1) is 0 Å². The van der Waals surface area contributed by atoms with Crippen molar-refractivity contribution in [3.05, 3.63) is 34.9 Å². The van der Waals surface area contributed by atoms with E-state index in [9.17, 15) is 18.0 Å². The molecule has 0 heterocycles. The van der Waals surface area contributed by atoms with E-state index >= 15 is 0 Å². The van der Waals surface area contributed by atoms with Crippen LogP contribution in [0.5, 0.6) is 0 Å². The number of halogens is 3. The van der Waals surface area contributed by atoms with E-state index in [1.54, 1.807) is 26.0 Å². The van der Waals surface area contributed by atoms with Crippen LogP contribution in [0.1, 0.15) is 22.7 Å². The third kappa shape index (κ3) is 4.55. The lowest BCUT2D eigenvalue weighted by molar-refractivity contribution is -0.146. The Morgan fingerprint density at radius 2 is 2.00 bits per heavy atom. The lowest BCUT2D eigenvalue weighted by Crippen LogP contribution is -2.37. The number of carbonyl (C=O) groups is 1. The van der Waals surface area contributed by atoms with Gasteiger partial charge in [0.15, 0.2) is 0 Å². The van der Waals surface area contributed by atoms with E-state index in [2.05, 4.69) is 10.1 Å². The molecular formula is C13H16F3NO2. The highest BCUT2D eigenvalue weighted by molar-refractivity contribution is 5.78. The SMILES string of the molecule is COC(=O)C(NCC(F)(F)F)c1cc(C)ccc1C. The van der Waals surface area contributed by atoms with Gasteiger partial charge in [-0.1, -0.05) is 23.8 Å². The first kappa shape index (κ1) is 15.5. The van der Waals surface area contributed by atoms with Crippen molar-refractivity contribution in [1.29, 1.82) is 0 Å². The number of hydrogen-bond donors (Lipinski definition) is 1. The predicted molar refractivity (Wildman–Crippen MR) is 64.7 cm³/mol. The number of esters is 1. The van der Waals surface area contributed by atoms with Crippen LogP contribution in [0, 0.1) is 13.8 Å². The number of benzene rings is 1. The maximum atomic E-state index is 12.3. The molecule has 6 heteroatoms. The molecule has 0 radical (unpaired) electrons. The van der Waals surface area contributed by atoms with Gasteiger partial charge in [0.25, 0.3) is 0 Å². The predicted octanol–water partition coefficient (Wildman–Crippen LogP) is 2.67. The molecule has 0 saturated heterocycles. The molecule has 0 aliphatic heterocycles. The number of carbonyl (C=O) groups excluding carboxylic acids is 1. The fraction of sp³-hybridized carbons (Fsp3) is 0.462. The molecule has 3 nitrogen and oxygen atoms in total. The summed E-state index contributed by atoms with van der Waals surface area (Å²) in [6, 6.07) is 4.15. The Morgan fingerprint density at radius 1 is 1.37 bits per heavy atom. The average molecular weight is 275 g/mol. The molecule has 0 fully saturated rings. The summed E-state index contributed by atoms with van der Waals surface area (Å²) in [5.74, 6) is -0.738. The van der Waals surface area contributed by atoms with Gasteiger partial charge >= 0.3 is 12.1 Å². The molecule has 0 amide bonds. The van der Waals surface area contributed by atoms with Crippen LogP contribution in [0.25, 0.3) is 0 Å². The normalized spacial score (nSPS) is 13.2. The minimum absolute atomic E-state index is 0.496. The molecule has 1 atom stereocenters. The maximum absolute atomic E-state index is 12.3. The standard InChI is InChI=1S/C13H16F3NO2/c1-8-4-5-9(2)10(6-8)11(12(18)19-3)17-7-13(14,15)16/h4-6,11,17H,7H2,1-3H3.